The first-order chi connectivity index (χ1) is 6.95. The van der Waals surface area contributed by atoms with Gasteiger partial charge in [0.1, 0.15) is 0 Å². The minimum atomic E-state index is -1.47. The molecule has 0 aliphatic rings. The van der Waals surface area contributed by atoms with Crippen molar-refractivity contribution in [3.05, 3.63) is 40.9 Å². The van der Waals surface area contributed by atoms with Gasteiger partial charge in [-0.2, -0.15) is 5.26 Å². The lowest BCUT2D eigenvalue weighted by Crippen LogP contribution is -2.22. The molecule has 1 aromatic rings. The van der Waals surface area contributed by atoms with Crippen molar-refractivity contribution in [1.29, 1.82) is 5.26 Å². The second kappa shape index (κ2) is 4.65. The van der Waals surface area contributed by atoms with Gasteiger partial charge in [0, 0.05) is 11.1 Å². The zero-order valence-corrected chi connectivity index (χ0v) is 11.0. The van der Waals surface area contributed by atoms with Crippen LogP contribution in [0.25, 0.3) is 5.20 Å². The van der Waals surface area contributed by atoms with Gasteiger partial charge in [-0.3, -0.25) is 0 Å². The second-order valence-electron chi connectivity index (χ2n) is 4.44. The van der Waals surface area contributed by atoms with Crippen molar-refractivity contribution in [2.45, 2.75) is 19.6 Å². The summed E-state index contributed by atoms with van der Waals surface area (Å²) in [5, 5.41) is 10.7. The maximum Gasteiger partial charge on any atom is 0.0911 e. The van der Waals surface area contributed by atoms with Crippen molar-refractivity contribution >= 4 is 24.9 Å². The number of allylic oxidation sites excluding steroid dienone is 1. The second-order valence-corrected chi connectivity index (χ2v) is 9.92. The van der Waals surface area contributed by atoms with E-state index >= 15 is 0 Å². The molecular weight excluding hydrogens is 222 g/mol. The van der Waals surface area contributed by atoms with E-state index in [0.717, 1.165) is 10.6 Å². The van der Waals surface area contributed by atoms with Crippen molar-refractivity contribution in [2.75, 3.05) is 0 Å². The molecule has 0 saturated heterocycles. The molecular formula is C12H14ClNSi. The van der Waals surface area contributed by atoms with Crippen molar-refractivity contribution in [3.63, 3.8) is 0 Å². The molecule has 0 atom stereocenters. The van der Waals surface area contributed by atoms with E-state index in [4.69, 9.17) is 16.9 Å². The van der Waals surface area contributed by atoms with Crippen LogP contribution in [0.1, 0.15) is 5.56 Å². The first-order valence-electron chi connectivity index (χ1n) is 4.81. The molecule has 0 aliphatic heterocycles. The zero-order valence-electron chi connectivity index (χ0n) is 9.21. The minimum Gasteiger partial charge on any atom is -0.193 e. The van der Waals surface area contributed by atoms with Gasteiger partial charge in [0.25, 0.3) is 0 Å². The molecule has 0 aliphatic carbocycles. The normalized spacial score (nSPS) is 12.3. The van der Waals surface area contributed by atoms with Gasteiger partial charge in [0.15, 0.2) is 0 Å². The Hall–Kier alpha value is -1.04. The van der Waals surface area contributed by atoms with Gasteiger partial charge >= 0.3 is 0 Å². The number of hydrogen-bond acceptors (Lipinski definition) is 1. The fourth-order valence-corrected chi connectivity index (χ4v) is 3.08. The maximum atomic E-state index is 8.79. The van der Waals surface area contributed by atoms with Crippen LogP contribution in [0, 0.1) is 11.3 Å². The number of benzene rings is 1. The number of halogens is 1. The summed E-state index contributed by atoms with van der Waals surface area (Å²) in [6.45, 7) is 6.68. The predicted molar refractivity (Wildman–Crippen MR) is 68.4 cm³/mol. The van der Waals surface area contributed by atoms with Crippen LogP contribution >= 0.6 is 11.6 Å². The van der Waals surface area contributed by atoms with Gasteiger partial charge in [-0.05, 0) is 22.9 Å². The third-order valence-corrected chi connectivity index (χ3v) is 4.47. The van der Waals surface area contributed by atoms with E-state index in [-0.39, 0.29) is 0 Å². The molecule has 0 N–H and O–H groups in total. The molecule has 15 heavy (non-hydrogen) atoms. The smallest absolute Gasteiger partial charge is 0.0911 e. The summed E-state index contributed by atoms with van der Waals surface area (Å²) in [4.78, 5) is 0. The quantitative estimate of drug-likeness (QED) is 0.559. The van der Waals surface area contributed by atoms with Crippen molar-refractivity contribution in [3.8, 4) is 6.07 Å². The van der Waals surface area contributed by atoms with Crippen LogP contribution in [-0.4, -0.2) is 8.07 Å². The SMILES string of the molecule is C[Si](C)(C)/C(=C\C#N)c1ccc(Cl)cc1. The van der Waals surface area contributed by atoms with Crippen molar-refractivity contribution in [2.24, 2.45) is 0 Å². The Morgan fingerprint density at radius 2 is 1.80 bits per heavy atom. The fraction of sp³-hybridized carbons (Fsp3) is 0.250. The van der Waals surface area contributed by atoms with Crippen LogP contribution in [0.15, 0.2) is 30.3 Å². The maximum absolute atomic E-state index is 8.79. The summed E-state index contributed by atoms with van der Waals surface area (Å²) in [5.74, 6) is 0. The molecule has 3 heteroatoms. The van der Waals surface area contributed by atoms with E-state index in [1.807, 2.05) is 24.3 Å². The number of hydrogen-bond donors (Lipinski definition) is 0. The summed E-state index contributed by atoms with van der Waals surface area (Å²) in [6, 6.07) is 9.81. The lowest BCUT2D eigenvalue weighted by atomic mass is 10.2. The molecule has 0 radical (unpaired) electrons. The number of rotatable bonds is 2. The number of nitrogens with zero attached hydrogens (tertiary/aromatic N) is 1. The standard InChI is InChI=1S/C12H14ClNSi/c1-15(2,3)12(8-9-14)10-4-6-11(13)7-5-10/h4-8H,1-3H3/b12-8-. The monoisotopic (exact) mass is 235 g/mol. The molecule has 0 amide bonds. The van der Waals surface area contributed by atoms with E-state index in [9.17, 15) is 0 Å². The number of nitriles is 1. The Bertz CT molecular complexity index is 407. The molecule has 0 fully saturated rings. The van der Waals surface area contributed by atoms with Gasteiger partial charge in [0.2, 0.25) is 0 Å². The third kappa shape index (κ3) is 3.23. The van der Waals surface area contributed by atoms with E-state index < -0.39 is 8.07 Å². The third-order valence-electron chi connectivity index (χ3n) is 2.17. The molecule has 0 unspecified atom stereocenters. The molecule has 0 saturated carbocycles. The summed E-state index contributed by atoms with van der Waals surface area (Å²) >= 11 is 5.83. The molecule has 1 aromatic carbocycles. The van der Waals surface area contributed by atoms with E-state index in [1.165, 1.54) is 5.20 Å². The molecule has 1 nitrogen and oxygen atoms in total. The first-order valence-corrected chi connectivity index (χ1v) is 8.69. The van der Waals surface area contributed by atoms with Crippen molar-refractivity contribution in [1.82, 2.24) is 0 Å². The zero-order chi connectivity index (χ0) is 11.5. The minimum absolute atomic E-state index is 0.727. The average Bonchev–Trinajstić information content (AvgIpc) is 2.14. The Kier molecular flexibility index (Phi) is 3.73. The first kappa shape index (κ1) is 12.0. The Balaban J connectivity index is 3.19. The van der Waals surface area contributed by atoms with Crippen LogP contribution in [0.2, 0.25) is 24.7 Å². The fourth-order valence-electron chi connectivity index (χ4n) is 1.43. The van der Waals surface area contributed by atoms with Gasteiger partial charge in [0.05, 0.1) is 14.1 Å². The van der Waals surface area contributed by atoms with E-state index in [1.54, 1.807) is 6.08 Å². The van der Waals surface area contributed by atoms with Crippen LogP contribution < -0.4 is 0 Å². The Labute approximate surface area is 97.0 Å². The largest absolute Gasteiger partial charge is 0.193 e. The topological polar surface area (TPSA) is 23.8 Å². The van der Waals surface area contributed by atoms with Gasteiger partial charge in [-0.25, -0.2) is 0 Å². The highest BCUT2D eigenvalue weighted by Crippen LogP contribution is 2.26. The summed E-state index contributed by atoms with van der Waals surface area (Å²) in [7, 11) is -1.47. The highest BCUT2D eigenvalue weighted by Gasteiger charge is 2.20. The predicted octanol–water partition coefficient (Wildman–Crippen LogP) is 4.12. The highest BCUT2D eigenvalue weighted by molar-refractivity contribution is 6.93. The van der Waals surface area contributed by atoms with Crippen LogP contribution in [0.5, 0.6) is 0 Å². The lowest BCUT2D eigenvalue weighted by molar-refractivity contribution is 1.53. The molecule has 1 rings (SSSR count). The molecule has 0 spiro atoms. The average molecular weight is 236 g/mol. The molecule has 0 aromatic heterocycles. The Morgan fingerprint density at radius 1 is 1.27 bits per heavy atom. The van der Waals surface area contributed by atoms with Gasteiger partial charge in [-0.1, -0.05) is 43.4 Å². The Morgan fingerprint density at radius 3 is 2.20 bits per heavy atom. The van der Waals surface area contributed by atoms with Crippen LogP contribution in [0.4, 0.5) is 0 Å². The van der Waals surface area contributed by atoms with Crippen LogP contribution in [0.3, 0.4) is 0 Å². The van der Waals surface area contributed by atoms with Gasteiger partial charge < -0.3 is 0 Å². The highest BCUT2D eigenvalue weighted by atomic mass is 35.5. The van der Waals surface area contributed by atoms with Crippen molar-refractivity contribution < 1.29 is 0 Å². The molecule has 78 valence electrons. The summed E-state index contributed by atoms with van der Waals surface area (Å²) in [6.07, 6.45) is 1.66. The van der Waals surface area contributed by atoms with Gasteiger partial charge in [-0.15, -0.1) is 0 Å². The lowest BCUT2D eigenvalue weighted by Gasteiger charge is -2.20. The van der Waals surface area contributed by atoms with E-state index in [0.29, 0.717) is 0 Å². The summed E-state index contributed by atoms with van der Waals surface area (Å²) < 4.78 is 0. The molecule has 0 bridgehead atoms. The van der Waals surface area contributed by atoms with E-state index in [2.05, 4.69) is 25.7 Å². The molecule has 0 heterocycles. The van der Waals surface area contributed by atoms with Crippen LogP contribution in [-0.2, 0) is 0 Å². The summed E-state index contributed by atoms with van der Waals surface area (Å²) in [5.41, 5.74) is 1.11.